The largest absolute Gasteiger partial charge is 0.351 e. The van der Waals surface area contributed by atoms with Gasteiger partial charge in [0.15, 0.2) is 0 Å². The van der Waals surface area contributed by atoms with Crippen LogP contribution in [0.4, 0.5) is 4.39 Å². The van der Waals surface area contributed by atoms with Crippen LogP contribution in [0.5, 0.6) is 0 Å². The molecule has 0 aromatic heterocycles. The lowest BCUT2D eigenvalue weighted by molar-refractivity contribution is -0.121. The van der Waals surface area contributed by atoms with E-state index in [2.05, 4.69) is 5.32 Å². The van der Waals surface area contributed by atoms with E-state index in [0.29, 0.717) is 25.9 Å². The SMILES string of the molecule is CCCN(CCC)S(=O)(=O)N(CC)CC(=O)NCc1ccc(F)cc1. The molecule has 0 saturated carbocycles. The van der Waals surface area contributed by atoms with Crippen LogP contribution in [-0.2, 0) is 21.5 Å². The summed E-state index contributed by atoms with van der Waals surface area (Å²) >= 11 is 0. The number of hydrogen-bond donors (Lipinski definition) is 1. The minimum absolute atomic E-state index is 0.218. The first-order valence-corrected chi connectivity index (χ1v) is 10.0. The molecule has 6 nitrogen and oxygen atoms in total. The Bertz CT molecular complexity index is 629. The summed E-state index contributed by atoms with van der Waals surface area (Å²) in [4.78, 5) is 12.1. The van der Waals surface area contributed by atoms with Crippen LogP contribution in [0.3, 0.4) is 0 Å². The minimum Gasteiger partial charge on any atom is -0.351 e. The van der Waals surface area contributed by atoms with Crippen molar-refractivity contribution >= 4 is 16.1 Å². The predicted molar refractivity (Wildman–Crippen MR) is 96.6 cm³/mol. The van der Waals surface area contributed by atoms with Crippen LogP contribution >= 0.6 is 0 Å². The number of nitrogens with zero attached hydrogens (tertiary/aromatic N) is 2. The molecule has 1 rings (SSSR count). The number of nitrogens with one attached hydrogen (secondary N) is 1. The van der Waals surface area contributed by atoms with Gasteiger partial charge in [0, 0.05) is 26.2 Å². The van der Waals surface area contributed by atoms with Crippen molar-refractivity contribution in [3.63, 3.8) is 0 Å². The van der Waals surface area contributed by atoms with Gasteiger partial charge in [0.25, 0.3) is 10.2 Å². The summed E-state index contributed by atoms with van der Waals surface area (Å²) in [6.45, 7) is 6.63. The van der Waals surface area contributed by atoms with Gasteiger partial charge in [-0.05, 0) is 30.5 Å². The van der Waals surface area contributed by atoms with E-state index in [-0.39, 0.29) is 31.4 Å². The maximum atomic E-state index is 12.9. The molecule has 1 aromatic rings. The third-order valence-electron chi connectivity index (χ3n) is 3.67. The number of rotatable bonds is 11. The fraction of sp³-hybridized carbons (Fsp3) is 0.588. The first-order chi connectivity index (χ1) is 11.8. The molecule has 0 saturated heterocycles. The van der Waals surface area contributed by atoms with E-state index in [9.17, 15) is 17.6 Å². The zero-order valence-corrected chi connectivity index (χ0v) is 16.0. The van der Waals surface area contributed by atoms with Crippen molar-refractivity contribution in [3.8, 4) is 0 Å². The number of benzene rings is 1. The second-order valence-electron chi connectivity index (χ2n) is 5.74. The molecule has 1 N–H and O–H groups in total. The maximum absolute atomic E-state index is 12.9. The van der Waals surface area contributed by atoms with Gasteiger partial charge in [-0.1, -0.05) is 32.9 Å². The number of halogens is 1. The van der Waals surface area contributed by atoms with Crippen LogP contribution in [0.25, 0.3) is 0 Å². The van der Waals surface area contributed by atoms with Crippen molar-refractivity contribution < 1.29 is 17.6 Å². The highest BCUT2D eigenvalue weighted by atomic mass is 32.2. The van der Waals surface area contributed by atoms with E-state index in [1.54, 1.807) is 19.1 Å². The summed E-state index contributed by atoms with van der Waals surface area (Å²) in [5, 5.41) is 2.67. The van der Waals surface area contributed by atoms with Crippen molar-refractivity contribution in [2.75, 3.05) is 26.2 Å². The average Bonchev–Trinajstić information content (AvgIpc) is 2.58. The fourth-order valence-electron chi connectivity index (χ4n) is 2.38. The molecule has 0 aliphatic rings. The zero-order chi connectivity index (χ0) is 18.9. The predicted octanol–water partition coefficient (Wildman–Crippen LogP) is 2.13. The molecule has 8 heteroatoms. The van der Waals surface area contributed by atoms with Gasteiger partial charge in [-0.3, -0.25) is 4.79 Å². The quantitative estimate of drug-likeness (QED) is 0.646. The van der Waals surface area contributed by atoms with Crippen LogP contribution in [0.15, 0.2) is 24.3 Å². The van der Waals surface area contributed by atoms with E-state index in [1.165, 1.54) is 20.7 Å². The van der Waals surface area contributed by atoms with Gasteiger partial charge in [-0.2, -0.15) is 17.0 Å². The molecule has 0 atom stereocenters. The molecule has 1 amide bonds. The van der Waals surface area contributed by atoms with Gasteiger partial charge in [0.2, 0.25) is 5.91 Å². The topological polar surface area (TPSA) is 69.7 Å². The first kappa shape index (κ1) is 21.5. The number of likely N-dealkylation sites (N-methyl/N-ethyl adjacent to an activating group) is 1. The van der Waals surface area contributed by atoms with E-state index in [1.807, 2.05) is 13.8 Å². The third kappa shape index (κ3) is 6.72. The molecule has 142 valence electrons. The lowest BCUT2D eigenvalue weighted by atomic mass is 10.2. The van der Waals surface area contributed by atoms with Crippen molar-refractivity contribution in [1.29, 1.82) is 0 Å². The number of amides is 1. The fourth-order valence-corrected chi connectivity index (χ4v) is 4.14. The highest BCUT2D eigenvalue weighted by molar-refractivity contribution is 7.86. The van der Waals surface area contributed by atoms with Crippen LogP contribution in [-0.4, -0.2) is 49.1 Å². The molecule has 0 fully saturated rings. The molecule has 1 aromatic carbocycles. The van der Waals surface area contributed by atoms with Crippen molar-refractivity contribution in [2.45, 2.75) is 40.2 Å². The summed E-state index contributed by atoms with van der Waals surface area (Å²) in [5.41, 5.74) is 0.749. The van der Waals surface area contributed by atoms with Gasteiger partial charge in [0.05, 0.1) is 6.54 Å². The number of hydrogen-bond acceptors (Lipinski definition) is 3. The Balaban J connectivity index is 2.68. The third-order valence-corrected chi connectivity index (χ3v) is 5.73. The number of carbonyl (C=O) groups is 1. The summed E-state index contributed by atoms with van der Waals surface area (Å²) in [7, 11) is -3.66. The Morgan fingerprint density at radius 1 is 1.04 bits per heavy atom. The van der Waals surface area contributed by atoms with Crippen LogP contribution < -0.4 is 5.32 Å². The molecule has 25 heavy (non-hydrogen) atoms. The molecular formula is C17H28FN3O3S. The van der Waals surface area contributed by atoms with Gasteiger partial charge in [-0.15, -0.1) is 0 Å². The summed E-state index contributed by atoms with van der Waals surface area (Å²) in [6, 6.07) is 5.79. The van der Waals surface area contributed by atoms with Crippen molar-refractivity contribution in [2.24, 2.45) is 0 Å². The molecule has 0 aliphatic heterocycles. The van der Waals surface area contributed by atoms with Gasteiger partial charge in [0.1, 0.15) is 5.82 Å². The Morgan fingerprint density at radius 2 is 1.60 bits per heavy atom. The molecule has 0 radical (unpaired) electrons. The Labute approximate surface area is 150 Å². The number of carbonyl (C=O) groups excluding carboxylic acids is 1. The zero-order valence-electron chi connectivity index (χ0n) is 15.2. The molecular weight excluding hydrogens is 345 g/mol. The molecule has 0 spiro atoms. The van der Waals surface area contributed by atoms with Crippen LogP contribution in [0, 0.1) is 5.82 Å². The lowest BCUT2D eigenvalue weighted by Crippen LogP contribution is -2.48. The molecule has 0 heterocycles. The van der Waals surface area contributed by atoms with Gasteiger partial charge < -0.3 is 5.32 Å². The van der Waals surface area contributed by atoms with Crippen LogP contribution in [0.1, 0.15) is 39.2 Å². The highest BCUT2D eigenvalue weighted by Crippen LogP contribution is 2.10. The highest BCUT2D eigenvalue weighted by Gasteiger charge is 2.29. The van der Waals surface area contributed by atoms with Crippen LogP contribution in [0.2, 0.25) is 0 Å². The van der Waals surface area contributed by atoms with Gasteiger partial charge >= 0.3 is 0 Å². The Hall–Kier alpha value is -1.51. The van der Waals surface area contributed by atoms with E-state index < -0.39 is 10.2 Å². The van der Waals surface area contributed by atoms with E-state index in [0.717, 1.165) is 5.56 Å². The summed E-state index contributed by atoms with van der Waals surface area (Å²) < 4.78 is 40.9. The second kappa shape index (κ2) is 10.5. The van der Waals surface area contributed by atoms with Crippen molar-refractivity contribution in [3.05, 3.63) is 35.6 Å². The molecule has 0 unspecified atom stereocenters. The smallest absolute Gasteiger partial charge is 0.282 e. The maximum Gasteiger partial charge on any atom is 0.282 e. The first-order valence-electron chi connectivity index (χ1n) is 8.61. The summed E-state index contributed by atoms with van der Waals surface area (Å²) in [6.07, 6.45) is 1.43. The minimum atomic E-state index is -3.66. The average molecular weight is 373 g/mol. The second-order valence-corrected chi connectivity index (χ2v) is 7.66. The normalized spacial score (nSPS) is 11.9. The lowest BCUT2D eigenvalue weighted by Gasteiger charge is -2.28. The van der Waals surface area contributed by atoms with E-state index >= 15 is 0 Å². The van der Waals surface area contributed by atoms with Gasteiger partial charge in [-0.25, -0.2) is 4.39 Å². The standard InChI is InChI=1S/C17H28FN3O3S/c1-4-11-21(12-5-2)25(23,24)20(6-3)14-17(22)19-13-15-7-9-16(18)10-8-15/h7-10H,4-6,11-14H2,1-3H3,(H,19,22). The van der Waals surface area contributed by atoms with E-state index in [4.69, 9.17) is 0 Å². The molecule has 0 bridgehead atoms. The molecule has 0 aliphatic carbocycles. The summed E-state index contributed by atoms with van der Waals surface area (Å²) in [5.74, 6) is -0.729. The van der Waals surface area contributed by atoms with Crippen molar-refractivity contribution in [1.82, 2.24) is 13.9 Å². The Kier molecular flexibility index (Phi) is 9.02. The monoisotopic (exact) mass is 373 g/mol. The Morgan fingerprint density at radius 3 is 2.08 bits per heavy atom.